The van der Waals surface area contributed by atoms with Crippen LogP contribution in [0.25, 0.3) is 0 Å². The average Bonchev–Trinajstić information content (AvgIpc) is 3.09. The summed E-state index contributed by atoms with van der Waals surface area (Å²) in [6.07, 6.45) is -8.27. The van der Waals surface area contributed by atoms with Crippen LogP contribution in [-0.2, 0) is 22.2 Å². The Bertz CT molecular complexity index is 1040. The Morgan fingerprint density at radius 2 is 1.71 bits per heavy atom. The van der Waals surface area contributed by atoms with Crippen molar-refractivity contribution in [1.82, 2.24) is 10.2 Å². The second-order valence-electron chi connectivity index (χ2n) is 8.21. The molecule has 1 aliphatic rings. The molecular weight excluding hydrogens is 448 g/mol. The van der Waals surface area contributed by atoms with Crippen molar-refractivity contribution < 1.29 is 34.8 Å². The van der Waals surface area contributed by atoms with Crippen LogP contribution >= 0.6 is 0 Å². The number of benzene rings is 1. The minimum atomic E-state index is -4.65. The van der Waals surface area contributed by atoms with Gasteiger partial charge in [-0.2, -0.15) is 31.4 Å². The van der Waals surface area contributed by atoms with Crippen molar-refractivity contribution in [3.8, 4) is 0 Å². The number of sulfone groups is 1. The van der Waals surface area contributed by atoms with Gasteiger partial charge in [-0.1, -0.05) is 6.07 Å². The minimum Gasteiger partial charge on any atom is -0.370 e. The van der Waals surface area contributed by atoms with Gasteiger partial charge < -0.3 is 5.32 Å². The summed E-state index contributed by atoms with van der Waals surface area (Å²) >= 11 is 0. The molecule has 1 heterocycles. The summed E-state index contributed by atoms with van der Waals surface area (Å²) in [6, 6.07) is 4.53. The zero-order valence-corrected chi connectivity index (χ0v) is 17.4. The molecule has 0 aliphatic heterocycles. The number of H-pyrrole nitrogens is 1. The second-order valence-corrected chi connectivity index (χ2v) is 10.7. The largest absolute Gasteiger partial charge is 0.435 e. The van der Waals surface area contributed by atoms with Crippen molar-refractivity contribution in [1.29, 1.82) is 0 Å². The molecule has 1 saturated carbocycles. The van der Waals surface area contributed by atoms with Gasteiger partial charge >= 0.3 is 12.4 Å². The van der Waals surface area contributed by atoms with E-state index < -0.39 is 38.2 Å². The highest BCUT2D eigenvalue weighted by molar-refractivity contribution is 7.92. The number of aromatic nitrogens is 2. The normalized spacial score (nSPS) is 20.4. The lowest BCUT2D eigenvalue weighted by atomic mass is 9.69. The standard InChI is InChI=1S/C19H21F6N3O2S/c1-17(2,31(29,30)14-5-3-4-12(8-14)18(20,21)22)13-6-11(7-13)10-26-16-9-15(27-28-16)19(23,24)25/h3-5,8-9,11,13H,6-7,10H2,1-2H3,(H2,26,27,28)/t11-,13+. The van der Waals surface area contributed by atoms with Gasteiger partial charge in [0, 0.05) is 12.6 Å². The average molecular weight is 469 g/mol. The molecule has 0 atom stereocenters. The van der Waals surface area contributed by atoms with Crippen molar-refractivity contribution >= 4 is 15.7 Å². The van der Waals surface area contributed by atoms with Crippen LogP contribution in [0.4, 0.5) is 32.2 Å². The number of hydrogen-bond acceptors (Lipinski definition) is 4. The number of aromatic amines is 1. The molecule has 2 aromatic rings. The third-order valence-corrected chi connectivity index (χ3v) is 8.43. The number of nitrogens with one attached hydrogen (secondary N) is 2. The van der Waals surface area contributed by atoms with Gasteiger partial charge in [-0.15, -0.1) is 0 Å². The quantitative estimate of drug-likeness (QED) is 0.575. The molecule has 1 aromatic heterocycles. The molecule has 12 heteroatoms. The number of rotatable bonds is 6. The Labute approximate surface area is 175 Å². The van der Waals surface area contributed by atoms with Gasteiger partial charge in [0.25, 0.3) is 0 Å². The fraction of sp³-hybridized carbons (Fsp3) is 0.526. The Morgan fingerprint density at radius 3 is 2.26 bits per heavy atom. The lowest BCUT2D eigenvalue weighted by Gasteiger charge is -2.45. The fourth-order valence-electron chi connectivity index (χ4n) is 3.64. The van der Waals surface area contributed by atoms with E-state index in [1.165, 1.54) is 13.8 Å². The number of anilines is 1. The molecule has 0 bridgehead atoms. The maximum atomic E-state index is 13.0. The summed E-state index contributed by atoms with van der Waals surface area (Å²) in [4.78, 5) is -0.383. The smallest absolute Gasteiger partial charge is 0.370 e. The predicted molar refractivity (Wildman–Crippen MR) is 101 cm³/mol. The zero-order chi connectivity index (χ0) is 23.2. The molecular formula is C19H21F6N3O2S. The molecule has 0 saturated heterocycles. The summed E-state index contributed by atoms with van der Waals surface area (Å²) in [6.45, 7) is 3.29. The van der Waals surface area contributed by atoms with E-state index in [1.807, 2.05) is 0 Å². The number of halogens is 6. The molecule has 2 N–H and O–H groups in total. The lowest BCUT2D eigenvalue weighted by molar-refractivity contribution is -0.141. The van der Waals surface area contributed by atoms with E-state index in [9.17, 15) is 34.8 Å². The zero-order valence-electron chi connectivity index (χ0n) is 16.6. The van der Waals surface area contributed by atoms with Gasteiger partial charge in [-0.3, -0.25) is 5.10 Å². The first-order valence-corrected chi connectivity index (χ1v) is 10.9. The van der Waals surface area contributed by atoms with Crippen LogP contribution in [0.3, 0.4) is 0 Å². The topological polar surface area (TPSA) is 74.8 Å². The maximum absolute atomic E-state index is 13.0. The van der Waals surface area contributed by atoms with Crippen LogP contribution in [0.2, 0.25) is 0 Å². The molecule has 0 amide bonds. The van der Waals surface area contributed by atoms with E-state index >= 15 is 0 Å². The van der Waals surface area contributed by atoms with Crippen molar-refractivity contribution in [3.63, 3.8) is 0 Å². The first-order valence-electron chi connectivity index (χ1n) is 9.40. The molecule has 5 nitrogen and oxygen atoms in total. The van der Waals surface area contributed by atoms with Crippen LogP contribution in [0.15, 0.2) is 35.2 Å². The summed E-state index contributed by atoms with van der Waals surface area (Å²) < 4.78 is 101. The van der Waals surface area contributed by atoms with E-state index in [0.29, 0.717) is 25.5 Å². The van der Waals surface area contributed by atoms with E-state index in [2.05, 4.69) is 15.5 Å². The monoisotopic (exact) mass is 469 g/mol. The number of alkyl halides is 6. The maximum Gasteiger partial charge on any atom is 0.435 e. The molecule has 3 rings (SSSR count). The third kappa shape index (κ3) is 4.68. The summed E-state index contributed by atoms with van der Waals surface area (Å²) in [5.41, 5.74) is -2.08. The molecule has 0 radical (unpaired) electrons. The van der Waals surface area contributed by atoms with Gasteiger partial charge in [0.15, 0.2) is 15.5 Å². The molecule has 0 unspecified atom stereocenters. The van der Waals surface area contributed by atoms with E-state index in [4.69, 9.17) is 0 Å². The highest BCUT2D eigenvalue weighted by Crippen LogP contribution is 2.46. The van der Waals surface area contributed by atoms with Crippen LogP contribution < -0.4 is 5.32 Å². The van der Waals surface area contributed by atoms with Gasteiger partial charge in [0.2, 0.25) is 0 Å². The van der Waals surface area contributed by atoms with Crippen molar-refractivity contribution in [2.24, 2.45) is 11.8 Å². The van der Waals surface area contributed by atoms with Crippen LogP contribution in [-0.4, -0.2) is 29.9 Å². The third-order valence-electron chi connectivity index (χ3n) is 5.83. The molecule has 1 aromatic carbocycles. The van der Waals surface area contributed by atoms with Gasteiger partial charge in [-0.05, 0) is 56.7 Å². The first-order chi connectivity index (χ1) is 14.1. The van der Waals surface area contributed by atoms with Crippen LogP contribution in [0.5, 0.6) is 0 Å². The highest BCUT2D eigenvalue weighted by Gasteiger charge is 2.48. The molecule has 1 fully saturated rings. The van der Waals surface area contributed by atoms with Crippen LogP contribution in [0.1, 0.15) is 37.9 Å². The molecule has 0 spiro atoms. The van der Waals surface area contributed by atoms with Crippen LogP contribution in [0, 0.1) is 11.8 Å². The van der Waals surface area contributed by atoms with E-state index in [1.54, 1.807) is 0 Å². The Hall–Kier alpha value is -2.24. The van der Waals surface area contributed by atoms with Gasteiger partial charge in [-0.25, -0.2) is 8.42 Å². The summed E-state index contributed by atoms with van der Waals surface area (Å²) in [5, 5.41) is 8.25. The highest BCUT2D eigenvalue weighted by atomic mass is 32.2. The van der Waals surface area contributed by atoms with E-state index in [-0.39, 0.29) is 22.5 Å². The van der Waals surface area contributed by atoms with E-state index in [0.717, 1.165) is 24.3 Å². The van der Waals surface area contributed by atoms with Crippen molar-refractivity contribution in [2.75, 3.05) is 11.9 Å². The first kappa shape index (κ1) is 23.4. The molecule has 172 valence electrons. The number of hydrogen-bond donors (Lipinski definition) is 2. The fourth-order valence-corrected chi connectivity index (χ4v) is 5.42. The van der Waals surface area contributed by atoms with Crippen molar-refractivity contribution in [3.05, 3.63) is 41.6 Å². The minimum absolute atomic E-state index is 0.0126. The molecule has 1 aliphatic carbocycles. The molecule has 31 heavy (non-hydrogen) atoms. The van der Waals surface area contributed by atoms with Gasteiger partial charge in [0.05, 0.1) is 15.2 Å². The Balaban J connectivity index is 1.63. The number of nitrogens with zero attached hydrogens (tertiary/aromatic N) is 1. The summed E-state index contributed by atoms with van der Waals surface area (Å²) in [5.74, 6) is -0.184. The Morgan fingerprint density at radius 1 is 1.06 bits per heavy atom. The van der Waals surface area contributed by atoms with Gasteiger partial charge in [0.1, 0.15) is 5.82 Å². The lowest BCUT2D eigenvalue weighted by Crippen LogP contribution is -2.47. The Kier molecular flexibility index (Phi) is 5.83. The second kappa shape index (κ2) is 7.72. The SMILES string of the molecule is CC(C)([C@H]1C[C@@H](CNc2cc(C(F)(F)F)n[nH]2)C1)S(=O)(=O)c1cccc(C(F)(F)F)c1. The predicted octanol–water partition coefficient (Wildman–Crippen LogP) is 5.14. The summed E-state index contributed by atoms with van der Waals surface area (Å²) in [7, 11) is -4.05. The van der Waals surface area contributed by atoms with Crippen molar-refractivity contribution in [2.45, 2.75) is 48.7 Å².